The molecule has 0 atom stereocenters. The van der Waals surface area contributed by atoms with E-state index in [1.165, 1.54) is 16.6 Å². The van der Waals surface area contributed by atoms with E-state index < -0.39 is 21.5 Å². The summed E-state index contributed by atoms with van der Waals surface area (Å²) in [7, 11) is -3.72. The highest BCUT2D eigenvalue weighted by Crippen LogP contribution is 2.13. The molecule has 1 aliphatic heterocycles. The van der Waals surface area contributed by atoms with Crippen LogP contribution in [0.3, 0.4) is 0 Å². The van der Waals surface area contributed by atoms with E-state index in [0.717, 1.165) is 36.6 Å². The minimum Gasteiger partial charge on any atom is -0.354 e. The number of nitrogens with zero attached hydrogens (tertiary/aromatic N) is 3. The third kappa shape index (κ3) is 5.41. The highest BCUT2D eigenvalue weighted by molar-refractivity contribution is 7.89. The number of rotatable bonds is 9. The van der Waals surface area contributed by atoms with E-state index in [1.54, 1.807) is 18.7 Å². The van der Waals surface area contributed by atoms with Crippen molar-refractivity contribution in [1.29, 1.82) is 0 Å². The Bertz CT molecular complexity index is 855. The number of pyridine rings is 1. The largest absolute Gasteiger partial charge is 0.354 e. The van der Waals surface area contributed by atoms with Gasteiger partial charge in [0.15, 0.2) is 0 Å². The number of carbonyl (C=O) groups excluding carboxylic acids is 2. The molecule has 9 nitrogen and oxygen atoms in total. The van der Waals surface area contributed by atoms with Crippen LogP contribution in [0, 0.1) is 0 Å². The number of hydrogen-bond donors (Lipinski definition) is 1. The van der Waals surface area contributed by atoms with Crippen molar-refractivity contribution < 1.29 is 18.0 Å². The maximum Gasteiger partial charge on any atom is 0.251 e. The summed E-state index contributed by atoms with van der Waals surface area (Å²) in [5.74, 6) is -0.448. The van der Waals surface area contributed by atoms with Crippen molar-refractivity contribution in [3.63, 3.8) is 0 Å². The predicted molar refractivity (Wildman–Crippen MR) is 104 cm³/mol. The lowest BCUT2D eigenvalue weighted by atomic mass is 10.3. The molecule has 2 amide bonds. The van der Waals surface area contributed by atoms with Crippen LogP contribution in [0.25, 0.3) is 0 Å². The Morgan fingerprint density at radius 2 is 1.79 bits per heavy atom. The molecule has 1 aliphatic rings. The molecule has 0 unspecified atom stereocenters. The van der Waals surface area contributed by atoms with Crippen molar-refractivity contribution in [2.45, 2.75) is 44.6 Å². The first-order valence-corrected chi connectivity index (χ1v) is 11.0. The number of aromatic nitrogens is 1. The minimum absolute atomic E-state index is 0.00211. The lowest BCUT2D eigenvalue weighted by Crippen LogP contribution is -2.36. The molecular weight excluding hydrogens is 384 g/mol. The number of amides is 2. The van der Waals surface area contributed by atoms with E-state index in [0.29, 0.717) is 13.1 Å². The molecule has 1 aromatic heterocycles. The predicted octanol–water partition coefficient (Wildman–Crippen LogP) is 0.00750. The van der Waals surface area contributed by atoms with Crippen LogP contribution in [0.1, 0.15) is 33.1 Å². The SMILES string of the molecule is CCN(CC)S(=O)(=O)c1ccc(=O)n(CC(=O)NCCC(=O)N2CCCC2)c1. The molecule has 2 rings (SSSR count). The van der Waals surface area contributed by atoms with Crippen LogP contribution in [0.15, 0.2) is 28.0 Å². The van der Waals surface area contributed by atoms with E-state index in [9.17, 15) is 22.8 Å². The summed E-state index contributed by atoms with van der Waals surface area (Å²) in [4.78, 5) is 37.8. The van der Waals surface area contributed by atoms with Gasteiger partial charge in [0.1, 0.15) is 6.54 Å². The Morgan fingerprint density at radius 3 is 2.39 bits per heavy atom. The Hall–Kier alpha value is -2.20. The fraction of sp³-hybridized carbons (Fsp3) is 0.611. The van der Waals surface area contributed by atoms with Crippen molar-refractivity contribution in [2.24, 2.45) is 0 Å². The summed E-state index contributed by atoms with van der Waals surface area (Å²) in [6.07, 6.45) is 3.41. The number of carbonyl (C=O) groups is 2. The molecule has 1 saturated heterocycles. The Kier molecular flexibility index (Phi) is 7.76. The molecule has 0 radical (unpaired) electrons. The van der Waals surface area contributed by atoms with Gasteiger partial charge in [-0.1, -0.05) is 13.8 Å². The fourth-order valence-electron chi connectivity index (χ4n) is 3.14. The van der Waals surface area contributed by atoms with Gasteiger partial charge >= 0.3 is 0 Å². The van der Waals surface area contributed by atoms with Gasteiger partial charge in [-0.15, -0.1) is 0 Å². The van der Waals surface area contributed by atoms with Crippen molar-refractivity contribution in [2.75, 3.05) is 32.7 Å². The lowest BCUT2D eigenvalue weighted by molar-refractivity contribution is -0.130. The maximum atomic E-state index is 12.6. The molecule has 156 valence electrons. The van der Waals surface area contributed by atoms with E-state index in [-0.39, 0.29) is 30.3 Å². The highest BCUT2D eigenvalue weighted by Gasteiger charge is 2.22. The van der Waals surface area contributed by atoms with Crippen molar-refractivity contribution in [1.82, 2.24) is 19.1 Å². The van der Waals surface area contributed by atoms with Crippen LogP contribution in [0.4, 0.5) is 0 Å². The van der Waals surface area contributed by atoms with Crippen molar-refractivity contribution in [3.8, 4) is 0 Å². The highest BCUT2D eigenvalue weighted by atomic mass is 32.2. The van der Waals surface area contributed by atoms with Gasteiger partial charge in [0.05, 0.1) is 4.90 Å². The van der Waals surface area contributed by atoms with Crippen LogP contribution in [-0.2, 0) is 26.2 Å². The Morgan fingerprint density at radius 1 is 1.14 bits per heavy atom. The van der Waals surface area contributed by atoms with E-state index in [1.807, 2.05) is 0 Å². The smallest absolute Gasteiger partial charge is 0.251 e. The molecule has 1 aromatic rings. The van der Waals surface area contributed by atoms with Crippen LogP contribution in [0.2, 0.25) is 0 Å². The van der Waals surface area contributed by atoms with Crippen molar-refractivity contribution in [3.05, 3.63) is 28.7 Å². The second-order valence-electron chi connectivity index (χ2n) is 6.61. The molecule has 0 spiro atoms. The standard InChI is InChI=1S/C18H28N4O5S/c1-3-22(4-2)28(26,27)15-7-8-17(24)21(13-15)14-16(23)19-10-9-18(25)20-11-5-6-12-20/h7-8,13H,3-6,9-12,14H2,1-2H3,(H,19,23). The monoisotopic (exact) mass is 412 g/mol. The Balaban J connectivity index is 1.98. The molecule has 0 saturated carbocycles. The number of sulfonamides is 1. The topological polar surface area (TPSA) is 109 Å². The lowest BCUT2D eigenvalue weighted by Gasteiger charge is -2.19. The van der Waals surface area contributed by atoms with Crippen LogP contribution in [0.5, 0.6) is 0 Å². The zero-order valence-electron chi connectivity index (χ0n) is 16.4. The van der Waals surface area contributed by atoms with Crippen molar-refractivity contribution >= 4 is 21.8 Å². The average Bonchev–Trinajstić information content (AvgIpc) is 3.19. The molecule has 0 aliphatic carbocycles. The van der Waals surface area contributed by atoms with Gasteiger partial charge in [0.25, 0.3) is 5.56 Å². The van der Waals surface area contributed by atoms with Crippen LogP contribution >= 0.6 is 0 Å². The van der Waals surface area contributed by atoms with Gasteiger partial charge in [0, 0.05) is 51.4 Å². The second-order valence-corrected chi connectivity index (χ2v) is 8.55. The minimum atomic E-state index is -3.72. The summed E-state index contributed by atoms with van der Waals surface area (Å²) in [5, 5.41) is 2.61. The number of likely N-dealkylation sites (tertiary alicyclic amines) is 1. The zero-order valence-corrected chi connectivity index (χ0v) is 17.2. The van der Waals surface area contributed by atoms with Crippen LogP contribution < -0.4 is 10.9 Å². The number of hydrogen-bond acceptors (Lipinski definition) is 5. The summed E-state index contributed by atoms with van der Waals surface area (Å²) in [6.45, 7) is 5.47. The first kappa shape index (κ1) is 22.1. The maximum absolute atomic E-state index is 12.6. The van der Waals surface area contributed by atoms with E-state index in [4.69, 9.17) is 0 Å². The second kappa shape index (κ2) is 9.83. The van der Waals surface area contributed by atoms with E-state index >= 15 is 0 Å². The third-order valence-corrected chi connectivity index (χ3v) is 6.77. The number of nitrogens with one attached hydrogen (secondary N) is 1. The fourth-order valence-corrected chi connectivity index (χ4v) is 4.62. The van der Waals surface area contributed by atoms with Gasteiger partial charge in [-0.05, 0) is 18.9 Å². The van der Waals surface area contributed by atoms with Crippen LogP contribution in [-0.4, -0.2) is 66.7 Å². The molecule has 0 aromatic carbocycles. The summed E-state index contributed by atoms with van der Waals surface area (Å²) >= 11 is 0. The Labute approximate surface area is 165 Å². The van der Waals surface area contributed by atoms with Gasteiger partial charge in [-0.2, -0.15) is 4.31 Å². The summed E-state index contributed by atoms with van der Waals surface area (Å²) in [6, 6.07) is 2.39. The first-order chi connectivity index (χ1) is 13.3. The quantitative estimate of drug-likeness (QED) is 0.614. The molecule has 0 bridgehead atoms. The third-order valence-electron chi connectivity index (χ3n) is 4.73. The summed E-state index contributed by atoms with van der Waals surface area (Å²) < 4.78 is 27.5. The van der Waals surface area contributed by atoms with Gasteiger partial charge in [0.2, 0.25) is 21.8 Å². The van der Waals surface area contributed by atoms with Gasteiger partial charge in [-0.3, -0.25) is 14.4 Å². The molecule has 10 heteroatoms. The summed E-state index contributed by atoms with van der Waals surface area (Å²) in [5.41, 5.74) is -0.471. The molecule has 1 N–H and O–H groups in total. The van der Waals surface area contributed by atoms with E-state index in [2.05, 4.69) is 5.32 Å². The molecule has 28 heavy (non-hydrogen) atoms. The average molecular weight is 413 g/mol. The van der Waals surface area contributed by atoms with Gasteiger partial charge < -0.3 is 14.8 Å². The molecule has 2 heterocycles. The zero-order chi connectivity index (χ0) is 20.7. The molecule has 1 fully saturated rings. The van der Waals surface area contributed by atoms with Gasteiger partial charge in [-0.25, -0.2) is 8.42 Å². The first-order valence-electron chi connectivity index (χ1n) is 9.54. The normalized spacial score (nSPS) is 14.5. The molecular formula is C18H28N4O5S.